The molecule has 1 atom stereocenters. The second kappa shape index (κ2) is 10.6. The van der Waals surface area contributed by atoms with Crippen molar-refractivity contribution < 1.29 is 14.3 Å². The number of nitrogens with zero attached hydrogens (tertiary/aromatic N) is 1. The van der Waals surface area contributed by atoms with Crippen LogP contribution in [0.15, 0.2) is 42.5 Å². The van der Waals surface area contributed by atoms with E-state index < -0.39 is 0 Å². The molecule has 0 bridgehead atoms. The van der Waals surface area contributed by atoms with Gasteiger partial charge in [0.05, 0.1) is 19.2 Å². The number of hydrogen-bond acceptors (Lipinski definition) is 4. The zero-order chi connectivity index (χ0) is 20.9. The van der Waals surface area contributed by atoms with Crippen LogP contribution in [0, 0.1) is 5.92 Å². The number of carbonyl (C=O) groups excluding carboxylic acids is 2. The topological polar surface area (TPSA) is 70.7 Å². The summed E-state index contributed by atoms with van der Waals surface area (Å²) in [6.07, 6.45) is 4.09. The Labute approximate surface area is 189 Å². The predicted molar refractivity (Wildman–Crippen MR) is 125 cm³/mol. The first-order chi connectivity index (χ1) is 14.6. The minimum absolute atomic E-state index is 0. The number of amides is 2. The third-order valence-corrected chi connectivity index (χ3v) is 5.95. The maximum Gasteiger partial charge on any atom is 0.414 e. The SMILES string of the molecule is COC(=O)N1CCCc2cc(NC(=O)Cc3ccc(CC4CCNC4)cc3)ccc21.Cl. The maximum absolute atomic E-state index is 12.5. The minimum Gasteiger partial charge on any atom is -0.452 e. The van der Waals surface area contributed by atoms with Crippen LogP contribution in [-0.2, 0) is 28.8 Å². The summed E-state index contributed by atoms with van der Waals surface area (Å²) < 4.78 is 4.87. The Hall–Kier alpha value is -2.57. The number of rotatable bonds is 5. The van der Waals surface area contributed by atoms with Crippen LogP contribution in [0.1, 0.15) is 29.5 Å². The number of aryl methyl sites for hydroxylation is 1. The number of hydrogen-bond donors (Lipinski definition) is 2. The van der Waals surface area contributed by atoms with Crippen LogP contribution < -0.4 is 15.5 Å². The van der Waals surface area contributed by atoms with Crippen LogP contribution in [0.2, 0.25) is 0 Å². The van der Waals surface area contributed by atoms with Crippen molar-refractivity contribution in [2.24, 2.45) is 5.92 Å². The van der Waals surface area contributed by atoms with Gasteiger partial charge in [0.15, 0.2) is 0 Å². The van der Waals surface area contributed by atoms with Crippen molar-refractivity contribution in [1.82, 2.24) is 5.32 Å². The molecular formula is C24H30ClN3O3. The van der Waals surface area contributed by atoms with Gasteiger partial charge in [0.1, 0.15) is 0 Å². The molecule has 6 nitrogen and oxygen atoms in total. The van der Waals surface area contributed by atoms with E-state index in [0.717, 1.165) is 60.8 Å². The van der Waals surface area contributed by atoms with E-state index in [4.69, 9.17) is 4.74 Å². The molecule has 0 aromatic heterocycles. The molecule has 2 heterocycles. The predicted octanol–water partition coefficient (Wildman–Crippen LogP) is 3.96. The minimum atomic E-state index is -0.347. The average Bonchev–Trinajstić information content (AvgIpc) is 3.27. The fourth-order valence-corrected chi connectivity index (χ4v) is 4.38. The Balaban J connectivity index is 0.00000272. The van der Waals surface area contributed by atoms with Gasteiger partial charge in [-0.2, -0.15) is 0 Å². The van der Waals surface area contributed by atoms with Crippen molar-refractivity contribution >= 4 is 35.8 Å². The Morgan fingerprint density at radius 1 is 1.16 bits per heavy atom. The van der Waals surface area contributed by atoms with Crippen LogP contribution in [0.3, 0.4) is 0 Å². The van der Waals surface area contributed by atoms with Gasteiger partial charge in [-0.15, -0.1) is 12.4 Å². The lowest BCUT2D eigenvalue weighted by Crippen LogP contribution is -2.35. The summed E-state index contributed by atoms with van der Waals surface area (Å²) in [6.45, 7) is 2.87. The van der Waals surface area contributed by atoms with Gasteiger partial charge >= 0.3 is 6.09 Å². The zero-order valence-corrected chi connectivity index (χ0v) is 18.7. The second-order valence-corrected chi connectivity index (χ2v) is 8.17. The number of fused-ring (bicyclic) bond motifs is 1. The molecule has 31 heavy (non-hydrogen) atoms. The Morgan fingerprint density at radius 2 is 1.94 bits per heavy atom. The molecule has 4 rings (SSSR count). The first kappa shape index (κ1) is 23.1. The number of carbonyl (C=O) groups is 2. The summed E-state index contributed by atoms with van der Waals surface area (Å²) in [5, 5.41) is 6.39. The second-order valence-electron chi connectivity index (χ2n) is 8.17. The smallest absolute Gasteiger partial charge is 0.414 e. The van der Waals surface area contributed by atoms with Gasteiger partial charge in [0, 0.05) is 12.2 Å². The Bertz CT molecular complexity index is 911. The summed E-state index contributed by atoms with van der Waals surface area (Å²) >= 11 is 0. The van der Waals surface area contributed by atoms with E-state index in [9.17, 15) is 9.59 Å². The third kappa shape index (κ3) is 5.77. The largest absolute Gasteiger partial charge is 0.452 e. The molecule has 2 aromatic rings. The molecule has 0 radical (unpaired) electrons. The van der Waals surface area contributed by atoms with Crippen molar-refractivity contribution in [3.05, 3.63) is 59.2 Å². The van der Waals surface area contributed by atoms with E-state index in [0.29, 0.717) is 13.0 Å². The lowest BCUT2D eigenvalue weighted by atomic mass is 9.97. The zero-order valence-electron chi connectivity index (χ0n) is 17.9. The average molecular weight is 444 g/mol. The van der Waals surface area contributed by atoms with E-state index in [1.54, 1.807) is 4.90 Å². The highest BCUT2D eigenvalue weighted by Crippen LogP contribution is 2.30. The molecule has 1 saturated heterocycles. The molecule has 2 aliphatic heterocycles. The molecule has 166 valence electrons. The Kier molecular flexibility index (Phi) is 7.93. The van der Waals surface area contributed by atoms with Crippen molar-refractivity contribution in [3.8, 4) is 0 Å². The first-order valence-corrected chi connectivity index (χ1v) is 10.7. The molecule has 2 aromatic carbocycles. The Morgan fingerprint density at radius 3 is 2.65 bits per heavy atom. The molecular weight excluding hydrogens is 414 g/mol. The van der Waals surface area contributed by atoms with Gasteiger partial charge in [-0.25, -0.2) is 4.79 Å². The molecule has 0 spiro atoms. The molecule has 0 aliphatic carbocycles. The number of ether oxygens (including phenoxy) is 1. The third-order valence-electron chi connectivity index (χ3n) is 5.95. The van der Waals surface area contributed by atoms with E-state index in [1.165, 1.54) is 19.1 Å². The van der Waals surface area contributed by atoms with Crippen LogP contribution in [-0.4, -0.2) is 38.7 Å². The standard InChI is InChI=1S/C24H29N3O3.ClH/c1-30-24(29)27-12-2-3-20-15-21(8-9-22(20)27)26-23(28)14-18-6-4-17(5-7-18)13-19-10-11-25-16-19;/h4-9,15,19,25H,2-3,10-14,16H2,1H3,(H,26,28);1H. The number of methoxy groups -OCH3 is 1. The van der Waals surface area contributed by atoms with Gasteiger partial charge < -0.3 is 15.4 Å². The van der Waals surface area contributed by atoms with Gasteiger partial charge in [-0.3, -0.25) is 9.69 Å². The highest BCUT2D eigenvalue weighted by Gasteiger charge is 2.23. The summed E-state index contributed by atoms with van der Waals surface area (Å²) in [7, 11) is 1.39. The number of nitrogens with one attached hydrogen (secondary N) is 2. The van der Waals surface area contributed by atoms with Crippen molar-refractivity contribution in [2.75, 3.05) is 37.0 Å². The van der Waals surface area contributed by atoms with Crippen molar-refractivity contribution in [2.45, 2.75) is 32.1 Å². The highest BCUT2D eigenvalue weighted by atomic mass is 35.5. The van der Waals surface area contributed by atoms with Crippen molar-refractivity contribution in [3.63, 3.8) is 0 Å². The molecule has 2 N–H and O–H groups in total. The monoisotopic (exact) mass is 443 g/mol. The van der Waals surface area contributed by atoms with Gasteiger partial charge in [-0.05, 0) is 79.6 Å². The number of halogens is 1. The lowest BCUT2D eigenvalue weighted by Gasteiger charge is -2.28. The van der Waals surface area contributed by atoms with Gasteiger partial charge in [0.2, 0.25) is 5.91 Å². The quantitative estimate of drug-likeness (QED) is 0.733. The van der Waals surface area contributed by atoms with E-state index in [-0.39, 0.29) is 24.4 Å². The normalized spacial score (nSPS) is 17.5. The lowest BCUT2D eigenvalue weighted by molar-refractivity contribution is -0.115. The molecule has 0 saturated carbocycles. The molecule has 7 heteroatoms. The summed E-state index contributed by atoms with van der Waals surface area (Å²) in [6, 6.07) is 14.1. The summed E-state index contributed by atoms with van der Waals surface area (Å²) in [4.78, 5) is 26.1. The van der Waals surface area contributed by atoms with E-state index in [2.05, 4.69) is 34.9 Å². The molecule has 1 unspecified atom stereocenters. The summed E-state index contributed by atoms with van der Waals surface area (Å²) in [5.74, 6) is 0.682. The number of benzene rings is 2. The van der Waals surface area contributed by atoms with Crippen LogP contribution in [0.4, 0.5) is 16.2 Å². The number of anilines is 2. The van der Waals surface area contributed by atoms with Crippen LogP contribution in [0.25, 0.3) is 0 Å². The highest BCUT2D eigenvalue weighted by molar-refractivity contribution is 5.94. The van der Waals surface area contributed by atoms with E-state index >= 15 is 0 Å². The van der Waals surface area contributed by atoms with Crippen molar-refractivity contribution in [1.29, 1.82) is 0 Å². The maximum atomic E-state index is 12.5. The fraction of sp³-hybridized carbons (Fsp3) is 0.417. The molecule has 1 fully saturated rings. The first-order valence-electron chi connectivity index (χ1n) is 10.7. The van der Waals surface area contributed by atoms with Crippen LogP contribution >= 0.6 is 12.4 Å². The van der Waals surface area contributed by atoms with Gasteiger partial charge in [0.25, 0.3) is 0 Å². The molecule has 2 amide bonds. The van der Waals surface area contributed by atoms with E-state index in [1.807, 2.05) is 18.2 Å². The molecule has 2 aliphatic rings. The summed E-state index contributed by atoms with van der Waals surface area (Å²) in [5.41, 5.74) is 5.01. The van der Waals surface area contributed by atoms with Gasteiger partial charge in [-0.1, -0.05) is 24.3 Å². The van der Waals surface area contributed by atoms with Crippen LogP contribution in [0.5, 0.6) is 0 Å². The fourth-order valence-electron chi connectivity index (χ4n) is 4.38.